The molecule has 2 rings (SSSR count). The number of hydrogen-bond donors (Lipinski definition) is 0. The first-order chi connectivity index (χ1) is 6.70. The van der Waals surface area contributed by atoms with Crippen molar-refractivity contribution in [3.63, 3.8) is 0 Å². The number of alkyl halides is 1. The summed E-state index contributed by atoms with van der Waals surface area (Å²) in [6.45, 7) is 1.87. The van der Waals surface area contributed by atoms with Crippen molar-refractivity contribution < 1.29 is 9.18 Å². The third-order valence-electron chi connectivity index (χ3n) is 2.56. The van der Waals surface area contributed by atoms with E-state index in [9.17, 15) is 9.18 Å². The topological polar surface area (TPSA) is 20.3 Å². The molecule has 0 fully saturated rings. The van der Waals surface area contributed by atoms with Gasteiger partial charge in [-0.3, -0.25) is 4.79 Å². The lowest BCUT2D eigenvalue weighted by atomic mass is 9.99. The Hall–Kier alpha value is -1.38. The Morgan fingerprint density at radius 1 is 1.43 bits per heavy atom. The Labute approximate surface area is 82.3 Å². The average molecular weight is 193 g/mol. The summed E-state index contributed by atoms with van der Waals surface area (Å²) in [4.78, 5) is 13.0. The maximum absolute atomic E-state index is 13.0. The van der Waals surface area contributed by atoms with Crippen molar-refractivity contribution in [2.45, 2.75) is 19.6 Å². The molecule has 0 unspecified atom stereocenters. The molecule has 74 valence electrons. The molecule has 1 aliphatic heterocycles. The minimum absolute atomic E-state index is 0.193. The molecule has 1 heterocycles. The fourth-order valence-electron chi connectivity index (χ4n) is 1.78. The van der Waals surface area contributed by atoms with E-state index in [1.165, 1.54) is 11.8 Å². The van der Waals surface area contributed by atoms with Gasteiger partial charge in [-0.25, -0.2) is 4.39 Å². The standard InChI is InChI=1S/C11H12FNO/c1-8(12)13-7-6-9-4-2-3-5-10(9)11(13)14/h2-5,8H,6-7H2,1H3/t8-/m1/s1. The average Bonchev–Trinajstić information content (AvgIpc) is 2.18. The Bertz CT molecular complexity index is 362. The van der Waals surface area contributed by atoms with Crippen LogP contribution >= 0.6 is 0 Å². The molecule has 1 atom stereocenters. The van der Waals surface area contributed by atoms with Crippen LogP contribution < -0.4 is 0 Å². The van der Waals surface area contributed by atoms with Gasteiger partial charge in [0.2, 0.25) is 0 Å². The van der Waals surface area contributed by atoms with Crippen LogP contribution in [0, 0.1) is 0 Å². The van der Waals surface area contributed by atoms with E-state index in [0.717, 1.165) is 12.0 Å². The summed E-state index contributed by atoms with van der Waals surface area (Å²) in [5, 5.41) is 0. The lowest BCUT2D eigenvalue weighted by molar-refractivity contribution is 0.0488. The number of carbonyl (C=O) groups is 1. The van der Waals surface area contributed by atoms with Crippen molar-refractivity contribution in [3.8, 4) is 0 Å². The maximum atomic E-state index is 13.0. The van der Waals surface area contributed by atoms with Gasteiger partial charge < -0.3 is 4.90 Å². The fourth-order valence-corrected chi connectivity index (χ4v) is 1.78. The third-order valence-corrected chi connectivity index (χ3v) is 2.56. The van der Waals surface area contributed by atoms with Crippen molar-refractivity contribution in [2.24, 2.45) is 0 Å². The second-order valence-corrected chi connectivity index (χ2v) is 3.48. The second kappa shape index (κ2) is 3.40. The van der Waals surface area contributed by atoms with Crippen molar-refractivity contribution in [1.29, 1.82) is 0 Å². The largest absolute Gasteiger partial charge is 0.308 e. The quantitative estimate of drug-likeness (QED) is 0.625. The number of rotatable bonds is 1. The Kier molecular flexibility index (Phi) is 2.23. The summed E-state index contributed by atoms with van der Waals surface area (Å²) in [7, 11) is 0. The van der Waals surface area contributed by atoms with Crippen molar-refractivity contribution in [2.75, 3.05) is 6.54 Å². The van der Waals surface area contributed by atoms with Crippen LogP contribution in [-0.4, -0.2) is 23.6 Å². The second-order valence-electron chi connectivity index (χ2n) is 3.48. The fraction of sp³-hybridized carbons (Fsp3) is 0.364. The van der Waals surface area contributed by atoms with E-state index in [0.29, 0.717) is 12.1 Å². The molecule has 1 aliphatic rings. The van der Waals surface area contributed by atoms with Crippen LogP contribution in [0.25, 0.3) is 0 Å². The Balaban J connectivity index is 2.37. The molecule has 0 radical (unpaired) electrons. The summed E-state index contributed by atoms with van der Waals surface area (Å²) in [5.41, 5.74) is 1.66. The molecule has 0 aliphatic carbocycles. The predicted octanol–water partition coefficient (Wildman–Crippen LogP) is 2.00. The van der Waals surface area contributed by atoms with Gasteiger partial charge in [0.05, 0.1) is 0 Å². The number of carbonyl (C=O) groups excluding carboxylic acids is 1. The zero-order valence-electron chi connectivity index (χ0n) is 8.03. The van der Waals surface area contributed by atoms with Gasteiger partial charge in [0, 0.05) is 12.1 Å². The first kappa shape index (κ1) is 9.19. The van der Waals surface area contributed by atoms with E-state index in [-0.39, 0.29) is 5.91 Å². The van der Waals surface area contributed by atoms with Crippen molar-refractivity contribution >= 4 is 5.91 Å². The lowest BCUT2D eigenvalue weighted by Gasteiger charge is -2.29. The normalized spacial score (nSPS) is 17.9. The summed E-state index contributed by atoms with van der Waals surface area (Å²) >= 11 is 0. The molecular formula is C11H12FNO. The number of benzene rings is 1. The van der Waals surface area contributed by atoms with Crippen LogP contribution in [0.1, 0.15) is 22.8 Å². The summed E-state index contributed by atoms with van der Waals surface area (Å²) in [5.74, 6) is -0.193. The van der Waals surface area contributed by atoms with Crippen LogP contribution in [0.2, 0.25) is 0 Å². The van der Waals surface area contributed by atoms with Gasteiger partial charge in [0.1, 0.15) is 0 Å². The van der Waals surface area contributed by atoms with E-state index in [2.05, 4.69) is 0 Å². The van der Waals surface area contributed by atoms with Gasteiger partial charge in [-0.2, -0.15) is 0 Å². The predicted molar refractivity (Wildman–Crippen MR) is 51.8 cm³/mol. The first-order valence-electron chi connectivity index (χ1n) is 4.73. The molecule has 14 heavy (non-hydrogen) atoms. The number of amides is 1. The summed E-state index contributed by atoms with van der Waals surface area (Å²) < 4.78 is 13.0. The Morgan fingerprint density at radius 2 is 2.14 bits per heavy atom. The number of fused-ring (bicyclic) bond motifs is 1. The van der Waals surface area contributed by atoms with Gasteiger partial charge in [0.25, 0.3) is 5.91 Å². The molecule has 3 heteroatoms. The number of nitrogens with zero attached hydrogens (tertiary/aromatic N) is 1. The van der Waals surface area contributed by atoms with E-state index in [1.807, 2.05) is 18.2 Å². The van der Waals surface area contributed by atoms with Gasteiger partial charge in [-0.05, 0) is 25.0 Å². The zero-order chi connectivity index (χ0) is 10.1. The molecule has 0 saturated heterocycles. The van der Waals surface area contributed by atoms with Crippen LogP contribution in [-0.2, 0) is 6.42 Å². The molecule has 1 aromatic rings. The van der Waals surface area contributed by atoms with Gasteiger partial charge >= 0.3 is 0 Å². The smallest absolute Gasteiger partial charge is 0.256 e. The van der Waals surface area contributed by atoms with E-state index in [1.54, 1.807) is 6.07 Å². The first-order valence-corrected chi connectivity index (χ1v) is 4.73. The highest BCUT2D eigenvalue weighted by molar-refractivity contribution is 5.96. The molecule has 0 bridgehead atoms. The minimum atomic E-state index is -1.20. The van der Waals surface area contributed by atoms with Gasteiger partial charge in [0.15, 0.2) is 6.30 Å². The summed E-state index contributed by atoms with van der Waals surface area (Å²) in [6.07, 6.45) is -0.452. The van der Waals surface area contributed by atoms with Crippen LogP contribution in [0.3, 0.4) is 0 Å². The van der Waals surface area contributed by atoms with E-state index >= 15 is 0 Å². The van der Waals surface area contributed by atoms with E-state index < -0.39 is 6.30 Å². The molecule has 0 aromatic heterocycles. The Morgan fingerprint density at radius 3 is 2.86 bits per heavy atom. The highest BCUT2D eigenvalue weighted by Gasteiger charge is 2.26. The number of hydrogen-bond acceptors (Lipinski definition) is 1. The highest BCUT2D eigenvalue weighted by atomic mass is 19.1. The molecule has 1 aromatic carbocycles. The molecule has 0 N–H and O–H groups in total. The van der Waals surface area contributed by atoms with E-state index in [4.69, 9.17) is 0 Å². The molecular weight excluding hydrogens is 181 g/mol. The molecule has 1 amide bonds. The molecule has 2 nitrogen and oxygen atoms in total. The number of halogens is 1. The van der Waals surface area contributed by atoms with Crippen LogP contribution in [0.4, 0.5) is 4.39 Å². The third kappa shape index (κ3) is 1.39. The highest BCUT2D eigenvalue weighted by Crippen LogP contribution is 2.20. The van der Waals surface area contributed by atoms with Crippen LogP contribution in [0.5, 0.6) is 0 Å². The molecule has 0 saturated carbocycles. The van der Waals surface area contributed by atoms with Crippen molar-refractivity contribution in [1.82, 2.24) is 4.90 Å². The van der Waals surface area contributed by atoms with Crippen molar-refractivity contribution in [3.05, 3.63) is 35.4 Å². The zero-order valence-corrected chi connectivity index (χ0v) is 8.03. The molecule has 0 spiro atoms. The van der Waals surface area contributed by atoms with Crippen LogP contribution in [0.15, 0.2) is 24.3 Å². The van der Waals surface area contributed by atoms with Gasteiger partial charge in [-0.1, -0.05) is 18.2 Å². The minimum Gasteiger partial charge on any atom is -0.308 e. The monoisotopic (exact) mass is 193 g/mol. The summed E-state index contributed by atoms with van der Waals surface area (Å²) in [6, 6.07) is 7.39. The maximum Gasteiger partial charge on any atom is 0.256 e. The van der Waals surface area contributed by atoms with Gasteiger partial charge in [-0.15, -0.1) is 0 Å². The lowest BCUT2D eigenvalue weighted by Crippen LogP contribution is -2.41. The SMILES string of the molecule is C[C@H](F)N1CCc2ccccc2C1=O.